The maximum absolute atomic E-state index is 13.5. The lowest BCUT2D eigenvalue weighted by molar-refractivity contribution is -0.149. The molecule has 1 atom stereocenters. The first-order valence-corrected chi connectivity index (χ1v) is 9.42. The van der Waals surface area contributed by atoms with Gasteiger partial charge in [-0.2, -0.15) is 18.3 Å². The summed E-state index contributed by atoms with van der Waals surface area (Å²) in [7, 11) is 0. The zero-order valence-corrected chi connectivity index (χ0v) is 16.4. The number of nitrogens with zero attached hydrogens (tertiary/aromatic N) is 5. The highest BCUT2D eigenvalue weighted by atomic mass is 19.4. The van der Waals surface area contributed by atoms with Gasteiger partial charge < -0.3 is 10.3 Å². The van der Waals surface area contributed by atoms with E-state index in [2.05, 4.69) is 30.4 Å². The van der Waals surface area contributed by atoms with Crippen LogP contribution in [0.2, 0.25) is 0 Å². The van der Waals surface area contributed by atoms with Crippen molar-refractivity contribution in [1.29, 1.82) is 0 Å². The number of imidazole rings is 1. The molecule has 4 rings (SSSR count). The van der Waals surface area contributed by atoms with E-state index in [4.69, 9.17) is 0 Å². The number of fused-ring (bicyclic) bond motifs is 1. The molecule has 10 heteroatoms. The van der Waals surface area contributed by atoms with Gasteiger partial charge in [0.25, 0.3) is 0 Å². The summed E-state index contributed by atoms with van der Waals surface area (Å²) in [6.45, 7) is 3.42. The second-order valence-electron chi connectivity index (χ2n) is 7.24. The lowest BCUT2D eigenvalue weighted by atomic mass is 10.00. The van der Waals surface area contributed by atoms with E-state index in [1.54, 1.807) is 31.0 Å². The number of alkyl halides is 3. The van der Waals surface area contributed by atoms with Crippen LogP contribution >= 0.6 is 0 Å². The van der Waals surface area contributed by atoms with E-state index in [0.717, 1.165) is 16.6 Å². The van der Waals surface area contributed by atoms with Crippen LogP contribution in [-0.4, -0.2) is 48.5 Å². The van der Waals surface area contributed by atoms with Crippen LogP contribution in [-0.2, 0) is 0 Å². The maximum Gasteiger partial charge on any atom is 0.397 e. The molecule has 4 aromatic rings. The Morgan fingerprint density at radius 2 is 1.93 bits per heavy atom. The molecule has 0 aliphatic heterocycles. The Morgan fingerprint density at radius 1 is 1.10 bits per heavy atom. The van der Waals surface area contributed by atoms with Crippen molar-refractivity contribution < 1.29 is 13.2 Å². The van der Waals surface area contributed by atoms with Crippen molar-refractivity contribution in [3.8, 4) is 16.9 Å². The zero-order valence-electron chi connectivity index (χ0n) is 16.4. The Kier molecular flexibility index (Phi) is 5.25. The summed E-state index contributed by atoms with van der Waals surface area (Å²) in [5, 5.41) is 7.15. The highest BCUT2D eigenvalue weighted by Crippen LogP contribution is 2.34. The van der Waals surface area contributed by atoms with Crippen LogP contribution in [0.4, 0.5) is 13.2 Å². The van der Waals surface area contributed by atoms with Gasteiger partial charge in [-0.15, -0.1) is 0 Å². The minimum Gasteiger partial charge on any atom is -0.343 e. The lowest BCUT2D eigenvalue weighted by Crippen LogP contribution is -2.35. The first kappa shape index (κ1) is 20.0. The van der Waals surface area contributed by atoms with Gasteiger partial charge in [-0.1, -0.05) is 19.9 Å². The Morgan fingerprint density at radius 3 is 2.63 bits per heavy atom. The number of nitrogens with one attached hydrogen (secondary N) is 2. The fourth-order valence-electron chi connectivity index (χ4n) is 3.19. The molecule has 4 heterocycles. The van der Waals surface area contributed by atoms with E-state index in [1.807, 2.05) is 19.9 Å². The average molecular weight is 415 g/mol. The van der Waals surface area contributed by atoms with Crippen LogP contribution in [0.5, 0.6) is 0 Å². The fraction of sp³-hybridized carbons (Fsp3) is 0.300. The Bertz CT molecular complexity index is 1130. The van der Waals surface area contributed by atoms with Crippen molar-refractivity contribution in [1.82, 2.24) is 35.0 Å². The van der Waals surface area contributed by atoms with Crippen molar-refractivity contribution in [2.24, 2.45) is 0 Å². The van der Waals surface area contributed by atoms with Crippen molar-refractivity contribution >= 4 is 11.2 Å². The van der Waals surface area contributed by atoms with Gasteiger partial charge in [-0.25, -0.2) is 19.6 Å². The standard InChI is InChI=1S/C20H20F3N7/c1-12(2)25-9-16(20(21,22)23)13-3-4-17(26-7-13)30-10-14(8-29-30)15-5-6-24-19-18(15)27-11-28-19/h3-8,10-12,16,25H,9H2,1-2H3,(H,24,27,28). The molecule has 0 amide bonds. The van der Waals surface area contributed by atoms with Gasteiger partial charge in [0.1, 0.15) is 0 Å². The summed E-state index contributed by atoms with van der Waals surface area (Å²) in [5.41, 5.74) is 3.17. The van der Waals surface area contributed by atoms with Gasteiger partial charge in [0.15, 0.2) is 11.5 Å². The molecule has 0 bridgehead atoms. The molecule has 0 saturated carbocycles. The average Bonchev–Trinajstić information content (AvgIpc) is 3.37. The molecule has 0 spiro atoms. The number of rotatable bonds is 6. The summed E-state index contributed by atoms with van der Waals surface area (Å²) in [6.07, 6.45) is 3.55. The Labute approximate surface area is 170 Å². The molecule has 4 aromatic heterocycles. The van der Waals surface area contributed by atoms with E-state index in [-0.39, 0.29) is 18.2 Å². The number of halogens is 3. The van der Waals surface area contributed by atoms with Crippen LogP contribution in [0.3, 0.4) is 0 Å². The summed E-state index contributed by atoms with van der Waals surface area (Å²) in [4.78, 5) is 15.6. The van der Waals surface area contributed by atoms with Crippen LogP contribution in [0.1, 0.15) is 25.3 Å². The summed E-state index contributed by atoms with van der Waals surface area (Å²) in [6, 6.07) is 4.79. The third kappa shape index (κ3) is 4.04. The quantitative estimate of drug-likeness (QED) is 0.500. The number of hydrogen-bond acceptors (Lipinski definition) is 5. The van der Waals surface area contributed by atoms with Crippen molar-refractivity contribution in [2.75, 3.05) is 6.54 Å². The summed E-state index contributed by atoms with van der Waals surface area (Å²) < 4.78 is 41.9. The van der Waals surface area contributed by atoms with Gasteiger partial charge in [0, 0.05) is 42.3 Å². The number of H-pyrrole nitrogens is 1. The molecule has 156 valence electrons. The maximum atomic E-state index is 13.5. The number of pyridine rings is 2. The predicted octanol–water partition coefficient (Wildman–Crippen LogP) is 3.85. The number of aromatic nitrogens is 6. The van der Waals surface area contributed by atoms with E-state index in [9.17, 15) is 13.2 Å². The Balaban J connectivity index is 1.59. The fourth-order valence-corrected chi connectivity index (χ4v) is 3.19. The highest BCUT2D eigenvalue weighted by Gasteiger charge is 2.40. The van der Waals surface area contributed by atoms with Crippen molar-refractivity contribution in [3.05, 3.63) is 54.9 Å². The molecule has 30 heavy (non-hydrogen) atoms. The Hall–Kier alpha value is -3.27. The third-order valence-corrected chi connectivity index (χ3v) is 4.75. The van der Waals surface area contributed by atoms with Crippen LogP contribution in [0.25, 0.3) is 28.1 Å². The van der Waals surface area contributed by atoms with Gasteiger partial charge >= 0.3 is 6.18 Å². The largest absolute Gasteiger partial charge is 0.397 e. The second-order valence-corrected chi connectivity index (χ2v) is 7.24. The molecule has 0 aliphatic carbocycles. The zero-order chi connectivity index (χ0) is 21.3. The minimum atomic E-state index is -4.36. The number of hydrogen-bond donors (Lipinski definition) is 2. The van der Waals surface area contributed by atoms with Gasteiger partial charge in [-0.05, 0) is 17.7 Å². The number of aromatic amines is 1. The molecular formula is C20H20F3N7. The second kappa shape index (κ2) is 7.86. The van der Waals surface area contributed by atoms with Gasteiger partial charge in [0.05, 0.1) is 24.0 Å². The van der Waals surface area contributed by atoms with Gasteiger partial charge in [-0.3, -0.25) is 0 Å². The molecular weight excluding hydrogens is 395 g/mol. The molecule has 7 nitrogen and oxygen atoms in total. The molecule has 1 unspecified atom stereocenters. The monoisotopic (exact) mass is 415 g/mol. The molecule has 0 saturated heterocycles. The molecule has 0 radical (unpaired) electrons. The minimum absolute atomic E-state index is 0.0425. The van der Waals surface area contributed by atoms with E-state index in [1.165, 1.54) is 16.9 Å². The van der Waals surface area contributed by atoms with E-state index >= 15 is 0 Å². The van der Waals surface area contributed by atoms with Crippen LogP contribution in [0.15, 0.2) is 49.3 Å². The SMILES string of the molecule is CC(C)NCC(c1ccc(-n2cc(-c3ccnc4nc[nH]c34)cn2)nc1)C(F)(F)F. The smallest absolute Gasteiger partial charge is 0.343 e. The van der Waals surface area contributed by atoms with Crippen molar-refractivity contribution in [3.63, 3.8) is 0 Å². The first-order valence-electron chi connectivity index (χ1n) is 9.42. The van der Waals surface area contributed by atoms with Gasteiger partial charge in [0.2, 0.25) is 0 Å². The molecule has 0 fully saturated rings. The molecule has 0 aliphatic rings. The van der Waals surface area contributed by atoms with Crippen LogP contribution < -0.4 is 5.32 Å². The lowest BCUT2D eigenvalue weighted by Gasteiger charge is -2.22. The third-order valence-electron chi connectivity index (χ3n) is 4.75. The summed E-state index contributed by atoms with van der Waals surface area (Å²) >= 11 is 0. The topological polar surface area (TPSA) is 84.3 Å². The van der Waals surface area contributed by atoms with E-state index < -0.39 is 12.1 Å². The van der Waals surface area contributed by atoms with Crippen molar-refractivity contribution in [2.45, 2.75) is 32.0 Å². The normalized spacial score (nSPS) is 13.3. The molecule has 2 N–H and O–H groups in total. The summed E-state index contributed by atoms with van der Waals surface area (Å²) in [5.74, 6) is -1.20. The van der Waals surface area contributed by atoms with Crippen LogP contribution in [0, 0.1) is 0 Å². The highest BCUT2D eigenvalue weighted by molar-refractivity contribution is 5.88. The van der Waals surface area contributed by atoms with E-state index in [0.29, 0.717) is 11.5 Å². The molecule has 0 aromatic carbocycles. The predicted molar refractivity (Wildman–Crippen MR) is 106 cm³/mol. The first-order chi connectivity index (χ1) is 14.3.